The fraction of sp³-hybridized carbons (Fsp3) is 0.923. The Hall–Kier alpha value is -0.810. The molecule has 1 amide bonds. The molecule has 2 bridgehead atoms. The van der Waals surface area contributed by atoms with E-state index in [2.05, 4.69) is 5.32 Å². The van der Waals surface area contributed by atoms with Gasteiger partial charge in [-0.2, -0.15) is 0 Å². The summed E-state index contributed by atoms with van der Waals surface area (Å²) in [5, 5.41) is 13.5. The van der Waals surface area contributed by atoms with E-state index in [1.54, 1.807) is 4.90 Å². The Kier molecular flexibility index (Phi) is 2.91. The zero-order chi connectivity index (χ0) is 13.8. The summed E-state index contributed by atoms with van der Waals surface area (Å²) in [6.07, 6.45) is -0.244. The van der Waals surface area contributed by atoms with E-state index in [-0.39, 0.29) is 11.6 Å². The number of fused-ring (bicyclic) bond motifs is 2. The zero-order valence-corrected chi connectivity index (χ0v) is 11.9. The molecule has 2 aliphatic heterocycles. The van der Waals surface area contributed by atoms with Gasteiger partial charge in [-0.1, -0.05) is 0 Å². The van der Waals surface area contributed by atoms with Crippen molar-refractivity contribution in [3.63, 3.8) is 0 Å². The Morgan fingerprint density at radius 1 is 1.39 bits per heavy atom. The van der Waals surface area contributed by atoms with Crippen molar-refractivity contribution in [2.24, 2.45) is 0 Å². The first-order valence-corrected chi connectivity index (χ1v) is 6.51. The average Bonchev–Trinajstić information content (AvgIpc) is 2.23. The number of hydrogen-bond acceptors (Lipinski definition) is 4. The Balaban J connectivity index is 2.29. The van der Waals surface area contributed by atoms with Crippen LogP contribution in [0.5, 0.6) is 0 Å². The minimum Gasteiger partial charge on any atom is -0.444 e. The van der Waals surface area contributed by atoms with Crippen LogP contribution in [0.3, 0.4) is 0 Å². The highest BCUT2D eigenvalue weighted by atomic mass is 16.6. The molecule has 18 heavy (non-hydrogen) atoms. The number of nitrogens with zero attached hydrogens (tertiary/aromatic N) is 1. The fourth-order valence-electron chi connectivity index (χ4n) is 3.16. The lowest BCUT2D eigenvalue weighted by Gasteiger charge is -2.48. The minimum absolute atomic E-state index is 0.328. The molecule has 2 heterocycles. The Morgan fingerprint density at radius 2 is 2.00 bits per heavy atom. The van der Waals surface area contributed by atoms with Gasteiger partial charge in [0, 0.05) is 19.5 Å². The van der Waals surface area contributed by atoms with Crippen LogP contribution in [0.4, 0.5) is 4.79 Å². The van der Waals surface area contributed by atoms with Gasteiger partial charge in [-0.3, -0.25) is 4.90 Å². The van der Waals surface area contributed by atoms with Crippen LogP contribution in [0.1, 0.15) is 41.0 Å². The molecule has 0 aromatic rings. The number of amides is 1. The molecule has 3 atom stereocenters. The topological polar surface area (TPSA) is 61.8 Å². The quantitative estimate of drug-likeness (QED) is 0.681. The SMILES string of the molecule is CC(C)(C)OC(=O)N1C2(C)CNCC1(C)C(O)C2. The van der Waals surface area contributed by atoms with Gasteiger partial charge in [-0.05, 0) is 34.6 Å². The van der Waals surface area contributed by atoms with Crippen molar-refractivity contribution in [1.29, 1.82) is 0 Å². The third kappa shape index (κ3) is 1.99. The molecular weight excluding hydrogens is 232 g/mol. The maximum absolute atomic E-state index is 12.4. The molecule has 2 rings (SSSR count). The monoisotopic (exact) mass is 256 g/mol. The van der Waals surface area contributed by atoms with E-state index in [1.165, 1.54) is 0 Å². The number of ether oxygens (including phenoxy) is 1. The Labute approximate surface area is 108 Å². The predicted molar refractivity (Wildman–Crippen MR) is 68.4 cm³/mol. The van der Waals surface area contributed by atoms with Crippen molar-refractivity contribution in [3.05, 3.63) is 0 Å². The maximum Gasteiger partial charge on any atom is 0.411 e. The smallest absolute Gasteiger partial charge is 0.411 e. The molecule has 104 valence electrons. The summed E-state index contributed by atoms with van der Waals surface area (Å²) < 4.78 is 5.48. The van der Waals surface area contributed by atoms with Gasteiger partial charge in [-0.15, -0.1) is 0 Å². The van der Waals surface area contributed by atoms with Crippen LogP contribution < -0.4 is 5.32 Å². The summed E-state index contributed by atoms with van der Waals surface area (Å²) in [5.41, 5.74) is -1.46. The standard InChI is InChI=1S/C13H24N2O3/c1-11(2,3)18-10(17)15-12(4)6-9(16)13(15,5)8-14-7-12/h9,14,16H,6-8H2,1-5H3. The summed E-state index contributed by atoms with van der Waals surface area (Å²) in [7, 11) is 0. The van der Waals surface area contributed by atoms with Gasteiger partial charge in [-0.25, -0.2) is 4.79 Å². The normalized spacial score (nSPS) is 39.9. The summed E-state index contributed by atoms with van der Waals surface area (Å²) >= 11 is 0. The highest BCUT2D eigenvalue weighted by Gasteiger charge is 2.61. The van der Waals surface area contributed by atoms with Gasteiger partial charge in [0.25, 0.3) is 0 Å². The van der Waals surface area contributed by atoms with Crippen LogP contribution in [0, 0.1) is 0 Å². The third-order valence-corrected chi connectivity index (χ3v) is 3.97. The molecule has 0 aromatic carbocycles. The number of nitrogens with one attached hydrogen (secondary N) is 1. The molecule has 2 aliphatic rings. The van der Waals surface area contributed by atoms with Gasteiger partial charge in [0.2, 0.25) is 0 Å². The highest BCUT2D eigenvalue weighted by molar-refractivity contribution is 5.71. The molecule has 5 nitrogen and oxygen atoms in total. The lowest BCUT2D eigenvalue weighted by atomic mass is 9.96. The Morgan fingerprint density at radius 3 is 2.50 bits per heavy atom. The predicted octanol–water partition coefficient (Wildman–Crippen LogP) is 1.11. The number of piperazine rings is 1. The van der Waals surface area contributed by atoms with Crippen molar-refractivity contribution in [1.82, 2.24) is 10.2 Å². The first-order valence-electron chi connectivity index (χ1n) is 6.51. The van der Waals surface area contributed by atoms with Crippen LogP contribution in [-0.4, -0.2) is 52.0 Å². The number of hydrogen-bond donors (Lipinski definition) is 2. The van der Waals surface area contributed by atoms with Crippen molar-refractivity contribution in [2.75, 3.05) is 13.1 Å². The summed E-state index contributed by atoms with van der Waals surface area (Å²) in [6.45, 7) is 10.8. The van der Waals surface area contributed by atoms with E-state index in [1.807, 2.05) is 34.6 Å². The van der Waals surface area contributed by atoms with Gasteiger partial charge >= 0.3 is 6.09 Å². The van der Waals surface area contributed by atoms with Crippen LogP contribution in [0.25, 0.3) is 0 Å². The molecule has 0 saturated carbocycles. The first kappa shape index (κ1) is 13.6. The number of aliphatic hydroxyl groups is 1. The van der Waals surface area contributed by atoms with Crippen molar-refractivity contribution < 1.29 is 14.6 Å². The third-order valence-electron chi connectivity index (χ3n) is 3.97. The van der Waals surface area contributed by atoms with Crippen LogP contribution >= 0.6 is 0 Å². The van der Waals surface area contributed by atoms with E-state index < -0.39 is 17.2 Å². The second-order valence-corrected chi connectivity index (χ2v) is 6.99. The summed E-state index contributed by atoms with van der Waals surface area (Å²) in [6, 6.07) is 0. The molecule has 2 saturated heterocycles. The molecule has 5 heteroatoms. The molecule has 2 N–H and O–H groups in total. The van der Waals surface area contributed by atoms with Crippen LogP contribution in [0.15, 0.2) is 0 Å². The van der Waals surface area contributed by atoms with Gasteiger partial charge in [0.05, 0.1) is 17.2 Å². The Bertz CT molecular complexity index is 366. The van der Waals surface area contributed by atoms with Crippen LogP contribution in [0.2, 0.25) is 0 Å². The molecular formula is C13H24N2O3. The van der Waals surface area contributed by atoms with Crippen molar-refractivity contribution in [3.8, 4) is 0 Å². The van der Waals surface area contributed by atoms with Gasteiger partial charge in [0.15, 0.2) is 0 Å². The second kappa shape index (κ2) is 3.84. The zero-order valence-electron chi connectivity index (χ0n) is 11.9. The second-order valence-electron chi connectivity index (χ2n) is 6.99. The van der Waals surface area contributed by atoms with E-state index in [9.17, 15) is 9.90 Å². The van der Waals surface area contributed by atoms with Crippen LogP contribution in [-0.2, 0) is 4.74 Å². The van der Waals surface area contributed by atoms with E-state index in [0.717, 1.165) is 0 Å². The van der Waals surface area contributed by atoms with Crippen molar-refractivity contribution >= 4 is 6.09 Å². The lowest BCUT2D eigenvalue weighted by Crippen LogP contribution is -2.68. The number of carbonyl (C=O) groups excluding carboxylic acids is 1. The first-order chi connectivity index (χ1) is 8.08. The van der Waals surface area contributed by atoms with E-state index in [4.69, 9.17) is 4.74 Å². The van der Waals surface area contributed by atoms with Crippen molar-refractivity contribution in [2.45, 2.75) is 63.8 Å². The fourth-order valence-corrected chi connectivity index (χ4v) is 3.16. The lowest BCUT2D eigenvalue weighted by molar-refractivity contribution is -0.0397. The molecule has 0 aliphatic carbocycles. The van der Waals surface area contributed by atoms with E-state index in [0.29, 0.717) is 19.5 Å². The van der Waals surface area contributed by atoms with Gasteiger partial charge in [0.1, 0.15) is 5.60 Å². The molecule has 0 spiro atoms. The summed E-state index contributed by atoms with van der Waals surface area (Å²) in [5.74, 6) is 0. The molecule has 0 aromatic heterocycles. The molecule has 0 radical (unpaired) electrons. The maximum atomic E-state index is 12.4. The highest BCUT2D eigenvalue weighted by Crippen LogP contribution is 2.44. The molecule has 3 unspecified atom stereocenters. The number of carbonyl (C=O) groups is 1. The largest absolute Gasteiger partial charge is 0.444 e. The number of rotatable bonds is 0. The number of aliphatic hydroxyl groups excluding tert-OH is 1. The molecule has 2 fully saturated rings. The minimum atomic E-state index is -0.574. The summed E-state index contributed by atoms with van der Waals surface area (Å²) in [4.78, 5) is 14.1. The average molecular weight is 256 g/mol. The van der Waals surface area contributed by atoms with Gasteiger partial charge < -0.3 is 15.2 Å². The van der Waals surface area contributed by atoms with E-state index >= 15 is 0 Å².